The van der Waals surface area contributed by atoms with Gasteiger partial charge in [-0.3, -0.25) is 0 Å². The molecule has 1 saturated carbocycles. The average molecular weight is 649 g/mol. The summed E-state index contributed by atoms with van der Waals surface area (Å²) in [6, 6.07) is 2.32. The summed E-state index contributed by atoms with van der Waals surface area (Å²) in [6.45, 7) is 10.4. The van der Waals surface area contributed by atoms with Crippen molar-refractivity contribution in [2.75, 3.05) is 38.0 Å². The molecule has 2 aliphatic heterocycles. The number of pyridine rings is 2. The van der Waals surface area contributed by atoms with Crippen molar-refractivity contribution in [2.24, 2.45) is 0 Å². The number of imidazole rings is 1. The molecule has 6 rings (SSSR count). The number of aliphatic hydroxyl groups is 2. The molecule has 0 aromatic carbocycles. The number of piperidine rings is 1. The number of alkyl halides is 2. The molecule has 3 aromatic rings. The van der Waals surface area contributed by atoms with Crippen LogP contribution in [0.5, 0.6) is 0 Å². The summed E-state index contributed by atoms with van der Waals surface area (Å²) in [4.78, 5) is 24.6. The zero-order chi connectivity index (χ0) is 33.4. The molecule has 0 radical (unpaired) electrons. The quantitative estimate of drug-likeness (QED) is 0.297. The van der Waals surface area contributed by atoms with E-state index in [1.807, 2.05) is 0 Å². The van der Waals surface area contributed by atoms with Gasteiger partial charge in [0.1, 0.15) is 22.8 Å². The van der Waals surface area contributed by atoms with Gasteiger partial charge in [0.15, 0.2) is 11.5 Å². The van der Waals surface area contributed by atoms with Crippen molar-refractivity contribution in [1.82, 2.24) is 24.2 Å². The number of likely N-dealkylation sites (tertiary alicyclic amines) is 2. The second-order valence-electron chi connectivity index (χ2n) is 14.5. The fraction of sp³-hybridized carbons (Fsp3) is 0.594. The Morgan fingerprint density at radius 1 is 1.09 bits per heavy atom. The summed E-state index contributed by atoms with van der Waals surface area (Å²) in [5, 5.41) is 24.8. The Hall–Kier alpha value is -3.49. The van der Waals surface area contributed by atoms with Crippen LogP contribution in [0.1, 0.15) is 82.7 Å². The van der Waals surface area contributed by atoms with E-state index in [4.69, 9.17) is 4.74 Å². The highest BCUT2D eigenvalue weighted by Gasteiger charge is 2.59. The minimum atomic E-state index is -3.02. The van der Waals surface area contributed by atoms with E-state index >= 15 is 4.39 Å². The number of ether oxygens (including phenoxy) is 1. The summed E-state index contributed by atoms with van der Waals surface area (Å²) in [6.07, 6.45) is 3.79. The topological polar surface area (TPSA) is 115 Å². The molecule has 0 spiro atoms. The predicted octanol–water partition coefficient (Wildman–Crippen LogP) is 5.26. The number of carbonyl (C=O) groups excluding carboxylic acids is 1. The van der Waals surface area contributed by atoms with Gasteiger partial charge < -0.3 is 34.5 Å². The molecule has 3 fully saturated rings. The van der Waals surface area contributed by atoms with Crippen molar-refractivity contribution in [3.63, 3.8) is 0 Å². The van der Waals surface area contributed by atoms with Gasteiger partial charge in [-0.15, -0.1) is 0 Å². The molecule has 46 heavy (non-hydrogen) atoms. The van der Waals surface area contributed by atoms with E-state index in [0.29, 0.717) is 25.3 Å². The first-order valence-corrected chi connectivity index (χ1v) is 15.5. The van der Waals surface area contributed by atoms with Crippen molar-refractivity contribution in [1.29, 1.82) is 0 Å². The monoisotopic (exact) mass is 648 g/mol. The normalized spacial score (nSPS) is 21.7. The maximum Gasteiger partial charge on any atom is 0.410 e. The molecule has 10 nitrogen and oxygen atoms in total. The number of β-amino-alcohol motifs (C(OH)–C–C–N with tert-alkyl or cyclic N) is 1. The number of amides is 1. The highest BCUT2D eigenvalue weighted by Crippen LogP contribution is 2.55. The third-order valence-electron chi connectivity index (χ3n) is 8.75. The lowest BCUT2D eigenvalue weighted by Gasteiger charge is -2.49. The van der Waals surface area contributed by atoms with Gasteiger partial charge in [0, 0.05) is 36.8 Å². The number of anilines is 2. The summed E-state index contributed by atoms with van der Waals surface area (Å²) in [5.74, 6) is -5.86. The zero-order valence-corrected chi connectivity index (χ0v) is 26.6. The molecule has 1 atom stereocenters. The van der Waals surface area contributed by atoms with Crippen LogP contribution in [0.2, 0.25) is 0 Å². The van der Waals surface area contributed by atoms with E-state index in [2.05, 4.69) is 20.2 Å². The van der Waals surface area contributed by atoms with Gasteiger partial charge in [-0.25, -0.2) is 32.3 Å². The SMILES string of the molecule is CC(C)(C)OC(=O)N1CC(O)(CN2CCC(c3cn4cc(Nc5ccc(F)c(C6CC6(F)F)n5)c(C(C)(C)O)c(F)c4n3)CC2)C1. The Kier molecular flexibility index (Phi) is 7.80. The molecule has 1 amide bonds. The molecule has 14 heteroatoms. The van der Waals surface area contributed by atoms with E-state index < -0.39 is 52.8 Å². The van der Waals surface area contributed by atoms with Crippen LogP contribution in [0.3, 0.4) is 0 Å². The van der Waals surface area contributed by atoms with Gasteiger partial charge in [-0.05, 0) is 72.7 Å². The van der Waals surface area contributed by atoms with E-state index in [-0.39, 0.29) is 47.4 Å². The maximum atomic E-state index is 16.0. The lowest BCUT2D eigenvalue weighted by atomic mass is 9.90. The molecular weight excluding hydrogens is 608 g/mol. The molecule has 2 saturated heterocycles. The molecule has 250 valence electrons. The van der Waals surface area contributed by atoms with Crippen LogP contribution in [-0.4, -0.2) is 90.3 Å². The smallest absolute Gasteiger partial charge is 0.410 e. The number of fused-ring (bicyclic) bond motifs is 1. The van der Waals surface area contributed by atoms with Crippen molar-refractivity contribution >= 4 is 23.2 Å². The Balaban J connectivity index is 1.15. The summed E-state index contributed by atoms with van der Waals surface area (Å²) in [5.41, 5.74) is -2.88. The first-order chi connectivity index (χ1) is 21.3. The largest absolute Gasteiger partial charge is 0.444 e. The van der Waals surface area contributed by atoms with Gasteiger partial charge in [-0.1, -0.05) is 0 Å². The van der Waals surface area contributed by atoms with Gasteiger partial charge >= 0.3 is 6.09 Å². The van der Waals surface area contributed by atoms with Crippen molar-refractivity contribution < 1.29 is 37.3 Å². The average Bonchev–Trinajstić information content (AvgIpc) is 3.33. The highest BCUT2D eigenvalue weighted by molar-refractivity contribution is 5.69. The number of carbonyl (C=O) groups is 1. The van der Waals surface area contributed by atoms with Crippen molar-refractivity contribution in [3.05, 3.63) is 53.1 Å². The molecule has 3 aliphatic rings. The predicted molar refractivity (Wildman–Crippen MR) is 161 cm³/mol. The van der Waals surface area contributed by atoms with Crippen LogP contribution in [0, 0.1) is 11.6 Å². The molecule has 1 unspecified atom stereocenters. The van der Waals surface area contributed by atoms with Crippen LogP contribution in [0.4, 0.5) is 33.9 Å². The standard InChI is InChI=1S/C32H40F4N6O4/c1-29(2,3)46-28(43)42-16-31(45,17-42)15-40-10-8-18(9-11-40)21-13-41-14-22(24(30(4,5)44)25(34)27(41)38-21)37-23-7-6-20(33)26(39-23)19-12-32(19,35)36/h6-7,13-14,18-19,44-45H,8-12,15-17H2,1-5H3,(H,37,39). The lowest BCUT2D eigenvalue weighted by Crippen LogP contribution is -2.68. The Labute approximate surface area is 264 Å². The number of nitrogens with one attached hydrogen (secondary N) is 1. The number of rotatable bonds is 7. The third kappa shape index (κ3) is 6.52. The lowest BCUT2D eigenvalue weighted by molar-refractivity contribution is -0.114. The molecule has 5 heterocycles. The van der Waals surface area contributed by atoms with E-state index in [9.17, 15) is 28.2 Å². The number of aromatic nitrogens is 3. The van der Waals surface area contributed by atoms with Crippen LogP contribution in [-0.2, 0) is 10.3 Å². The Bertz CT molecular complexity index is 1650. The highest BCUT2D eigenvalue weighted by atomic mass is 19.3. The zero-order valence-electron chi connectivity index (χ0n) is 26.6. The van der Waals surface area contributed by atoms with Crippen LogP contribution < -0.4 is 5.32 Å². The van der Waals surface area contributed by atoms with Gasteiger partial charge in [0.25, 0.3) is 5.92 Å². The molecular formula is C32H40F4N6O4. The summed E-state index contributed by atoms with van der Waals surface area (Å²) >= 11 is 0. The first kappa shape index (κ1) is 32.5. The summed E-state index contributed by atoms with van der Waals surface area (Å²) in [7, 11) is 0. The minimum absolute atomic E-state index is 0.0216. The fourth-order valence-electron chi connectivity index (χ4n) is 6.44. The second kappa shape index (κ2) is 11.1. The van der Waals surface area contributed by atoms with Crippen LogP contribution in [0.15, 0.2) is 24.5 Å². The Morgan fingerprint density at radius 2 is 1.74 bits per heavy atom. The van der Waals surface area contributed by atoms with Gasteiger partial charge in [-0.2, -0.15) is 0 Å². The first-order valence-electron chi connectivity index (χ1n) is 15.5. The van der Waals surface area contributed by atoms with E-state index in [1.54, 1.807) is 33.2 Å². The Morgan fingerprint density at radius 3 is 2.33 bits per heavy atom. The van der Waals surface area contributed by atoms with Crippen molar-refractivity contribution in [3.8, 4) is 0 Å². The van der Waals surface area contributed by atoms with Gasteiger partial charge in [0.05, 0.1) is 41.7 Å². The van der Waals surface area contributed by atoms with E-state index in [1.165, 1.54) is 29.2 Å². The molecule has 1 aliphatic carbocycles. The molecule has 3 aromatic heterocycles. The number of hydrogen-bond donors (Lipinski definition) is 3. The van der Waals surface area contributed by atoms with Crippen LogP contribution in [0.25, 0.3) is 5.65 Å². The summed E-state index contributed by atoms with van der Waals surface area (Å²) < 4.78 is 64.6. The molecule has 3 N–H and O–H groups in total. The second-order valence-corrected chi connectivity index (χ2v) is 14.5. The van der Waals surface area contributed by atoms with Crippen LogP contribution >= 0.6 is 0 Å². The minimum Gasteiger partial charge on any atom is -0.444 e. The van der Waals surface area contributed by atoms with E-state index in [0.717, 1.165) is 18.9 Å². The van der Waals surface area contributed by atoms with Gasteiger partial charge in [0.2, 0.25) is 0 Å². The third-order valence-corrected chi connectivity index (χ3v) is 8.75. The fourth-order valence-corrected chi connectivity index (χ4v) is 6.44. The number of halogens is 4. The van der Waals surface area contributed by atoms with Crippen molar-refractivity contribution in [2.45, 2.75) is 88.4 Å². The molecule has 0 bridgehead atoms. The number of nitrogens with zero attached hydrogens (tertiary/aromatic N) is 5. The number of hydrogen-bond acceptors (Lipinski definition) is 8. The maximum absolute atomic E-state index is 16.0.